The molecule has 0 aromatic heterocycles. The van der Waals surface area contributed by atoms with Crippen molar-refractivity contribution in [3.8, 4) is 0 Å². The number of carbonyl (C=O) groups excluding carboxylic acids is 1. The zero-order valence-corrected chi connectivity index (χ0v) is 10.5. The molecule has 1 aliphatic carbocycles. The summed E-state index contributed by atoms with van der Waals surface area (Å²) >= 11 is 5.03. The van der Waals surface area contributed by atoms with Crippen molar-refractivity contribution in [1.29, 1.82) is 0 Å². The number of carbonyl (C=O) groups is 1. The summed E-state index contributed by atoms with van der Waals surface area (Å²) in [5, 5.41) is 3.09. The molecule has 0 radical (unpaired) electrons. The third kappa shape index (κ3) is 1.94. The number of likely N-dealkylation sites (tertiary alicyclic amines) is 1. The van der Waals surface area contributed by atoms with E-state index < -0.39 is 5.41 Å². The molecule has 0 spiro atoms. The second-order valence-corrected chi connectivity index (χ2v) is 5.46. The van der Waals surface area contributed by atoms with E-state index in [0.29, 0.717) is 4.99 Å². The molecule has 5 heteroatoms. The van der Waals surface area contributed by atoms with Gasteiger partial charge in [-0.05, 0) is 32.9 Å². The van der Waals surface area contributed by atoms with E-state index in [-0.39, 0.29) is 11.9 Å². The van der Waals surface area contributed by atoms with Gasteiger partial charge >= 0.3 is 0 Å². The fourth-order valence-corrected chi connectivity index (χ4v) is 2.79. The number of likely N-dealkylation sites (N-methyl/N-ethyl adjacent to an activating group) is 1. The van der Waals surface area contributed by atoms with Crippen LogP contribution in [0.15, 0.2) is 0 Å². The lowest BCUT2D eigenvalue weighted by Gasteiger charge is -2.39. The van der Waals surface area contributed by atoms with Crippen LogP contribution in [0.1, 0.15) is 25.7 Å². The number of nitrogens with zero attached hydrogens (tertiary/aromatic N) is 1. The van der Waals surface area contributed by atoms with Crippen molar-refractivity contribution in [3.63, 3.8) is 0 Å². The smallest absolute Gasteiger partial charge is 0.233 e. The van der Waals surface area contributed by atoms with Gasteiger partial charge in [0.2, 0.25) is 5.91 Å². The lowest BCUT2D eigenvalue weighted by molar-refractivity contribution is -0.131. The Labute approximate surface area is 102 Å². The summed E-state index contributed by atoms with van der Waals surface area (Å²) in [6, 6.07) is 0.268. The van der Waals surface area contributed by atoms with Crippen molar-refractivity contribution in [1.82, 2.24) is 10.2 Å². The van der Waals surface area contributed by atoms with Crippen molar-refractivity contribution >= 4 is 23.1 Å². The highest BCUT2D eigenvalue weighted by Gasteiger charge is 2.47. The number of hydrogen-bond acceptors (Lipinski definition) is 3. The average Bonchev–Trinajstić information content (AvgIpc) is 2.47. The zero-order valence-electron chi connectivity index (χ0n) is 9.66. The van der Waals surface area contributed by atoms with Crippen LogP contribution < -0.4 is 11.1 Å². The molecule has 2 aliphatic rings. The number of rotatable bonds is 3. The lowest BCUT2D eigenvalue weighted by atomic mass is 9.68. The molecule has 1 saturated heterocycles. The van der Waals surface area contributed by atoms with Gasteiger partial charge < -0.3 is 16.0 Å². The summed E-state index contributed by atoms with van der Waals surface area (Å²) in [4.78, 5) is 14.7. The quantitative estimate of drug-likeness (QED) is 0.696. The Morgan fingerprint density at radius 3 is 2.62 bits per heavy atom. The van der Waals surface area contributed by atoms with Crippen LogP contribution in [0.3, 0.4) is 0 Å². The van der Waals surface area contributed by atoms with E-state index >= 15 is 0 Å². The van der Waals surface area contributed by atoms with Crippen molar-refractivity contribution < 1.29 is 4.79 Å². The van der Waals surface area contributed by atoms with Crippen molar-refractivity contribution in [3.05, 3.63) is 0 Å². The third-order valence-corrected chi connectivity index (χ3v) is 4.23. The molecule has 1 amide bonds. The van der Waals surface area contributed by atoms with Crippen LogP contribution in [-0.2, 0) is 4.79 Å². The average molecular weight is 241 g/mol. The van der Waals surface area contributed by atoms with E-state index in [4.69, 9.17) is 18.0 Å². The third-order valence-electron chi connectivity index (χ3n) is 3.84. The number of nitrogens with one attached hydrogen (secondary N) is 1. The van der Waals surface area contributed by atoms with Crippen LogP contribution in [-0.4, -0.2) is 42.0 Å². The molecule has 2 fully saturated rings. The molecule has 1 atom stereocenters. The molecular formula is C11H19N3OS. The molecule has 90 valence electrons. The Morgan fingerprint density at radius 2 is 2.25 bits per heavy atom. The Bertz CT molecular complexity index is 314. The van der Waals surface area contributed by atoms with E-state index in [1.807, 2.05) is 0 Å². The minimum absolute atomic E-state index is 0.0477. The predicted octanol–water partition coefficient (Wildman–Crippen LogP) is 0.263. The summed E-state index contributed by atoms with van der Waals surface area (Å²) in [5.41, 5.74) is 5.16. The molecule has 0 bridgehead atoms. The number of thiocarbonyl (C=S) groups is 1. The molecule has 1 unspecified atom stereocenters. The second kappa shape index (κ2) is 4.30. The maximum absolute atomic E-state index is 12.2. The van der Waals surface area contributed by atoms with Crippen molar-refractivity contribution in [2.75, 3.05) is 20.1 Å². The molecule has 1 heterocycles. The Morgan fingerprint density at radius 1 is 1.56 bits per heavy atom. The topological polar surface area (TPSA) is 58.4 Å². The first kappa shape index (κ1) is 11.8. The first-order valence-electron chi connectivity index (χ1n) is 5.84. The van der Waals surface area contributed by atoms with Gasteiger partial charge in [0.1, 0.15) is 0 Å². The number of amides is 1. The lowest BCUT2D eigenvalue weighted by Crippen LogP contribution is -2.55. The first-order chi connectivity index (χ1) is 7.54. The highest BCUT2D eigenvalue weighted by molar-refractivity contribution is 7.80. The fraction of sp³-hybridized carbons (Fsp3) is 0.818. The zero-order chi connectivity index (χ0) is 11.8. The highest BCUT2D eigenvalue weighted by Crippen LogP contribution is 2.41. The van der Waals surface area contributed by atoms with Gasteiger partial charge in [0.15, 0.2) is 0 Å². The molecule has 3 N–H and O–H groups in total. The maximum Gasteiger partial charge on any atom is 0.233 e. The van der Waals surface area contributed by atoms with Crippen molar-refractivity contribution in [2.24, 2.45) is 11.1 Å². The SMILES string of the molecule is CN1CCC(NC(=O)C2(C(N)=S)CCC2)C1. The summed E-state index contributed by atoms with van der Waals surface area (Å²) in [5.74, 6) is 0.0477. The summed E-state index contributed by atoms with van der Waals surface area (Å²) in [6.07, 6.45) is 3.71. The van der Waals surface area contributed by atoms with E-state index in [0.717, 1.165) is 38.8 Å². The van der Waals surface area contributed by atoms with Gasteiger partial charge in [0, 0.05) is 12.6 Å². The fourth-order valence-electron chi connectivity index (χ4n) is 2.49. The van der Waals surface area contributed by atoms with Gasteiger partial charge in [-0.3, -0.25) is 4.79 Å². The monoisotopic (exact) mass is 241 g/mol. The summed E-state index contributed by atoms with van der Waals surface area (Å²) in [6.45, 7) is 1.98. The van der Waals surface area contributed by atoms with Crippen LogP contribution in [0.2, 0.25) is 0 Å². The van der Waals surface area contributed by atoms with Gasteiger partial charge in [-0.2, -0.15) is 0 Å². The normalized spacial score (nSPS) is 28.4. The minimum atomic E-state index is -0.531. The minimum Gasteiger partial charge on any atom is -0.392 e. The Balaban J connectivity index is 1.94. The summed E-state index contributed by atoms with van der Waals surface area (Å²) in [7, 11) is 2.07. The van der Waals surface area contributed by atoms with Gasteiger partial charge in [-0.15, -0.1) is 0 Å². The molecular weight excluding hydrogens is 222 g/mol. The molecule has 1 aliphatic heterocycles. The standard InChI is InChI=1S/C11H19N3OS/c1-14-6-3-8(7-14)13-10(15)11(9(12)16)4-2-5-11/h8H,2-7H2,1H3,(H2,12,16)(H,13,15). The molecule has 4 nitrogen and oxygen atoms in total. The molecule has 0 aromatic rings. The predicted molar refractivity (Wildman–Crippen MR) is 67.1 cm³/mol. The molecule has 16 heavy (non-hydrogen) atoms. The van der Waals surface area contributed by atoms with Gasteiger partial charge in [0.25, 0.3) is 0 Å². The van der Waals surface area contributed by atoms with E-state index in [2.05, 4.69) is 17.3 Å². The van der Waals surface area contributed by atoms with Crippen molar-refractivity contribution in [2.45, 2.75) is 31.7 Å². The van der Waals surface area contributed by atoms with Crippen LogP contribution in [0.4, 0.5) is 0 Å². The van der Waals surface area contributed by atoms with Crippen LogP contribution in [0, 0.1) is 5.41 Å². The second-order valence-electron chi connectivity index (χ2n) is 5.02. The highest BCUT2D eigenvalue weighted by atomic mass is 32.1. The number of nitrogens with two attached hydrogens (primary N) is 1. The van der Waals surface area contributed by atoms with E-state index in [9.17, 15) is 4.79 Å². The molecule has 2 rings (SSSR count). The largest absolute Gasteiger partial charge is 0.392 e. The maximum atomic E-state index is 12.2. The first-order valence-corrected chi connectivity index (χ1v) is 6.25. The molecule has 0 aromatic carbocycles. The van der Waals surface area contributed by atoms with Gasteiger partial charge in [-0.25, -0.2) is 0 Å². The van der Waals surface area contributed by atoms with E-state index in [1.54, 1.807) is 0 Å². The van der Waals surface area contributed by atoms with Crippen LogP contribution in [0.5, 0.6) is 0 Å². The number of hydrogen-bond donors (Lipinski definition) is 2. The van der Waals surface area contributed by atoms with Gasteiger partial charge in [-0.1, -0.05) is 18.6 Å². The van der Waals surface area contributed by atoms with Crippen LogP contribution >= 0.6 is 12.2 Å². The van der Waals surface area contributed by atoms with Crippen LogP contribution in [0.25, 0.3) is 0 Å². The Hall–Kier alpha value is -0.680. The molecule has 1 saturated carbocycles. The van der Waals surface area contributed by atoms with Gasteiger partial charge in [0.05, 0.1) is 10.4 Å². The summed E-state index contributed by atoms with van der Waals surface area (Å²) < 4.78 is 0. The Kier molecular flexibility index (Phi) is 3.17. The van der Waals surface area contributed by atoms with E-state index in [1.165, 1.54) is 0 Å².